The lowest BCUT2D eigenvalue weighted by Gasteiger charge is -2.09. The summed E-state index contributed by atoms with van der Waals surface area (Å²) >= 11 is 0. The van der Waals surface area contributed by atoms with Gasteiger partial charge in [0, 0.05) is 5.56 Å². The fraction of sp³-hybridized carbons (Fsp3) is 0.273. The van der Waals surface area contributed by atoms with Crippen LogP contribution in [-0.4, -0.2) is 58.0 Å². The molecule has 0 aromatic heterocycles. The summed E-state index contributed by atoms with van der Waals surface area (Å²) in [5.41, 5.74) is 3.35. The van der Waals surface area contributed by atoms with Crippen LogP contribution in [0.3, 0.4) is 0 Å². The van der Waals surface area contributed by atoms with Gasteiger partial charge in [0.1, 0.15) is 5.75 Å². The van der Waals surface area contributed by atoms with E-state index in [4.69, 9.17) is 18.9 Å². The number of hydrogen-bond acceptors (Lipinski definition) is 8. The molecule has 0 aliphatic rings. The van der Waals surface area contributed by atoms with Gasteiger partial charge in [-0.3, -0.25) is 9.59 Å². The number of benzene rings is 2. The maximum absolute atomic E-state index is 12.2. The molecule has 0 unspecified atom stereocenters. The highest BCUT2D eigenvalue weighted by atomic mass is 16.6. The summed E-state index contributed by atoms with van der Waals surface area (Å²) in [6.45, 7) is 1.58. The Hall–Kier alpha value is -4.08. The third kappa shape index (κ3) is 7.63. The van der Waals surface area contributed by atoms with Gasteiger partial charge in [-0.1, -0.05) is 0 Å². The average Bonchev–Trinajstić information content (AvgIpc) is 2.81. The molecule has 2 aromatic carbocycles. The van der Waals surface area contributed by atoms with Gasteiger partial charge in [-0.15, -0.1) is 0 Å². The number of esters is 1. The minimum atomic E-state index is -0.496. The number of rotatable bonds is 11. The second kappa shape index (κ2) is 12.6. The molecule has 0 spiro atoms. The van der Waals surface area contributed by atoms with Crippen molar-refractivity contribution < 1.29 is 33.3 Å². The Balaban J connectivity index is 1.77. The zero-order chi connectivity index (χ0) is 23.3. The van der Waals surface area contributed by atoms with E-state index >= 15 is 0 Å². The molecule has 2 N–H and O–H groups in total. The van der Waals surface area contributed by atoms with E-state index in [0.717, 1.165) is 0 Å². The molecule has 0 aliphatic heterocycles. The number of amides is 2. The molecule has 0 atom stereocenters. The molecule has 2 amide bonds. The van der Waals surface area contributed by atoms with Gasteiger partial charge in [0.2, 0.25) is 0 Å². The summed E-state index contributed by atoms with van der Waals surface area (Å²) in [6, 6.07) is 11.4. The number of methoxy groups -OCH3 is 2. The number of nitrogens with zero attached hydrogens (tertiary/aromatic N) is 1. The number of carbonyl (C=O) groups is 3. The minimum absolute atomic E-state index is 0.174. The molecule has 0 bridgehead atoms. The van der Waals surface area contributed by atoms with E-state index in [2.05, 4.69) is 15.8 Å². The molecular weight excluding hydrogens is 418 g/mol. The van der Waals surface area contributed by atoms with Gasteiger partial charge in [0.15, 0.2) is 18.1 Å². The fourth-order valence-electron chi connectivity index (χ4n) is 2.45. The van der Waals surface area contributed by atoms with E-state index in [1.807, 2.05) is 0 Å². The van der Waals surface area contributed by atoms with Gasteiger partial charge in [-0.05, 0) is 55.0 Å². The van der Waals surface area contributed by atoms with Crippen LogP contribution in [0.2, 0.25) is 0 Å². The zero-order valence-electron chi connectivity index (χ0n) is 18.0. The molecule has 2 rings (SSSR count). The van der Waals surface area contributed by atoms with E-state index in [1.165, 1.54) is 26.5 Å². The second-order valence-corrected chi connectivity index (χ2v) is 6.21. The van der Waals surface area contributed by atoms with Gasteiger partial charge in [-0.25, -0.2) is 10.2 Å². The molecule has 2 aromatic rings. The van der Waals surface area contributed by atoms with Crippen molar-refractivity contribution in [2.24, 2.45) is 5.10 Å². The maximum Gasteiger partial charge on any atom is 0.344 e. The van der Waals surface area contributed by atoms with E-state index in [1.54, 1.807) is 43.3 Å². The molecule has 0 saturated heterocycles. The van der Waals surface area contributed by atoms with E-state index in [9.17, 15) is 14.4 Å². The summed E-state index contributed by atoms with van der Waals surface area (Å²) in [5, 5.41) is 6.34. The number of ether oxygens (including phenoxy) is 4. The SMILES string of the molecule is CCOC(=O)COc1ccc(/C=N/NC(=O)CNC(=O)c2ccc(OC)c(OC)c2)cc1. The molecule has 0 heterocycles. The van der Waals surface area contributed by atoms with Crippen LogP contribution in [0.1, 0.15) is 22.8 Å². The lowest BCUT2D eigenvalue weighted by Crippen LogP contribution is -2.34. The summed E-state index contributed by atoms with van der Waals surface area (Å²) in [7, 11) is 2.96. The Labute approximate surface area is 185 Å². The van der Waals surface area contributed by atoms with Crippen LogP contribution in [0.5, 0.6) is 17.2 Å². The first-order chi connectivity index (χ1) is 15.5. The molecule has 10 nitrogen and oxygen atoms in total. The molecule has 0 radical (unpaired) electrons. The Morgan fingerprint density at radius 3 is 2.38 bits per heavy atom. The van der Waals surface area contributed by atoms with E-state index in [0.29, 0.717) is 35.0 Å². The van der Waals surface area contributed by atoms with Gasteiger partial charge < -0.3 is 24.3 Å². The highest BCUT2D eigenvalue weighted by Crippen LogP contribution is 2.27. The molecule has 0 fully saturated rings. The van der Waals surface area contributed by atoms with Crippen LogP contribution in [-0.2, 0) is 14.3 Å². The van der Waals surface area contributed by atoms with Gasteiger partial charge >= 0.3 is 5.97 Å². The fourth-order valence-corrected chi connectivity index (χ4v) is 2.45. The van der Waals surface area contributed by atoms with E-state index in [-0.39, 0.29) is 13.2 Å². The van der Waals surface area contributed by atoms with Crippen molar-refractivity contribution in [3.8, 4) is 17.2 Å². The highest BCUT2D eigenvalue weighted by molar-refractivity contribution is 5.97. The first-order valence-electron chi connectivity index (χ1n) is 9.67. The van der Waals surface area contributed by atoms with Crippen LogP contribution in [0.4, 0.5) is 0 Å². The second-order valence-electron chi connectivity index (χ2n) is 6.21. The first kappa shape index (κ1) is 24.2. The van der Waals surface area contributed by atoms with Crippen molar-refractivity contribution in [2.75, 3.05) is 34.0 Å². The monoisotopic (exact) mass is 443 g/mol. The predicted octanol–water partition coefficient (Wildman–Crippen LogP) is 1.53. The first-order valence-corrected chi connectivity index (χ1v) is 9.67. The predicted molar refractivity (Wildman–Crippen MR) is 116 cm³/mol. The maximum atomic E-state index is 12.2. The van der Waals surface area contributed by atoms with Crippen LogP contribution in [0, 0.1) is 0 Å². The van der Waals surface area contributed by atoms with Crippen LogP contribution < -0.4 is 25.0 Å². The van der Waals surface area contributed by atoms with Crippen molar-refractivity contribution in [1.82, 2.24) is 10.7 Å². The third-order valence-corrected chi connectivity index (χ3v) is 4.00. The number of nitrogens with one attached hydrogen (secondary N) is 2. The Morgan fingerprint density at radius 1 is 1.00 bits per heavy atom. The largest absolute Gasteiger partial charge is 0.493 e. The lowest BCUT2D eigenvalue weighted by atomic mass is 10.2. The summed E-state index contributed by atoms with van der Waals surface area (Å²) in [4.78, 5) is 35.4. The van der Waals surface area contributed by atoms with Crippen molar-refractivity contribution in [1.29, 1.82) is 0 Å². The summed E-state index contributed by atoms with van der Waals surface area (Å²) in [6.07, 6.45) is 1.43. The average molecular weight is 443 g/mol. The number of hydrazone groups is 1. The Bertz CT molecular complexity index is 958. The zero-order valence-corrected chi connectivity index (χ0v) is 18.0. The van der Waals surface area contributed by atoms with Crippen LogP contribution in [0.15, 0.2) is 47.6 Å². The number of carbonyl (C=O) groups excluding carboxylic acids is 3. The van der Waals surface area contributed by atoms with Crippen LogP contribution in [0.25, 0.3) is 0 Å². The molecular formula is C22H25N3O7. The van der Waals surface area contributed by atoms with Crippen LogP contribution >= 0.6 is 0 Å². The quantitative estimate of drug-likeness (QED) is 0.307. The van der Waals surface area contributed by atoms with Gasteiger partial charge in [-0.2, -0.15) is 5.10 Å². The number of hydrogen-bond donors (Lipinski definition) is 2. The topological polar surface area (TPSA) is 125 Å². The van der Waals surface area contributed by atoms with Crippen molar-refractivity contribution in [3.05, 3.63) is 53.6 Å². The summed E-state index contributed by atoms with van der Waals surface area (Å²) < 4.78 is 20.4. The Morgan fingerprint density at radius 2 is 1.72 bits per heavy atom. The van der Waals surface area contributed by atoms with E-state index < -0.39 is 17.8 Å². The van der Waals surface area contributed by atoms with Gasteiger partial charge in [0.25, 0.3) is 11.8 Å². The Kier molecular flexibility index (Phi) is 9.51. The molecule has 10 heteroatoms. The van der Waals surface area contributed by atoms with Crippen molar-refractivity contribution in [2.45, 2.75) is 6.92 Å². The molecule has 32 heavy (non-hydrogen) atoms. The third-order valence-electron chi connectivity index (χ3n) is 4.00. The lowest BCUT2D eigenvalue weighted by molar-refractivity contribution is -0.145. The van der Waals surface area contributed by atoms with Crippen molar-refractivity contribution in [3.63, 3.8) is 0 Å². The molecule has 0 saturated carbocycles. The van der Waals surface area contributed by atoms with Gasteiger partial charge in [0.05, 0.1) is 33.6 Å². The standard InChI is InChI=1S/C22H25N3O7/c1-4-31-21(27)14-32-17-8-5-15(6-9-17)12-24-25-20(26)13-23-22(28)16-7-10-18(29-2)19(11-16)30-3/h5-12H,4,13-14H2,1-3H3,(H,23,28)(H,25,26)/b24-12+. The normalized spacial score (nSPS) is 10.3. The summed E-state index contributed by atoms with van der Waals surface area (Å²) in [5.74, 6) is 0.0189. The molecule has 0 aliphatic carbocycles. The highest BCUT2D eigenvalue weighted by Gasteiger charge is 2.11. The smallest absolute Gasteiger partial charge is 0.344 e. The minimum Gasteiger partial charge on any atom is -0.493 e. The van der Waals surface area contributed by atoms with Crippen molar-refractivity contribution >= 4 is 24.0 Å². The molecule has 170 valence electrons.